The zero-order chi connectivity index (χ0) is 28.4. The molecule has 206 valence electrons. The minimum absolute atomic E-state index is 0.0144. The average molecular weight is 519 g/mol. The molecule has 3 rings (SSSR count). The number of benzene rings is 2. The molecule has 0 spiro atoms. The summed E-state index contributed by atoms with van der Waals surface area (Å²) in [6.07, 6.45) is 6.10. The van der Waals surface area contributed by atoms with E-state index >= 15 is 0 Å². The molecule has 0 fully saturated rings. The molecule has 0 heterocycles. The van der Waals surface area contributed by atoms with Gasteiger partial charge in [-0.1, -0.05) is 83.4 Å². The largest absolute Gasteiger partial charge is 0.300 e. The first-order chi connectivity index (χ1) is 18.1. The van der Waals surface area contributed by atoms with Crippen LogP contribution in [0.25, 0.3) is 11.1 Å². The highest BCUT2D eigenvalue weighted by Crippen LogP contribution is 2.38. The van der Waals surface area contributed by atoms with Crippen molar-refractivity contribution in [3.63, 3.8) is 0 Å². The quantitative estimate of drug-likeness (QED) is 0.221. The van der Waals surface area contributed by atoms with Crippen LogP contribution in [0.15, 0.2) is 36.4 Å². The molecule has 2 aromatic carbocycles. The third-order valence-corrected chi connectivity index (χ3v) is 7.56. The van der Waals surface area contributed by atoms with Crippen LogP contribution < -0.4 is 0 Å². The fraction of sp³-hybridized carbons (Fsp3) is 0.529. The van der Waals surface area contributed by atoms with Gasteiger partial charge in [-0.3, -0.25) is 19.2 Å². The summed E-state index contributed by atoms with van der Waals surface area (Å²) in [7, 11) is 0. The van der Waals surface area contributed by atoms with E-state index in [-0.39, 0.29) is 47.3 Å². The van der Waals surface area contributed by atoms with Gasteiger partial charge < -0.3 is 0 Å². The van der Waals surface area contributed by atoms with Crippen LogP contribution in [0.1, 0.15) is 118 Å². The zero-order valence-corrected chi connectivity index (χ0v) is 24.5. The Morgan fingerprint density at radius 1 is 0.921 bits per heavy atom. The molecule has 0 aromatic heterocycles. The van der Waals surface area contributed by atoms with Crippen molar-refractivity contribution in [1.82, 2.24) is 0 Å². The van der Waals surface area contributed by atoms with Gasteiger partial charge in [-0.05, 0) is 74.1 Å². The standard InChI is InChI=1S/C31H38O4.C3H8/c1-6-8-25(27(7-2)29(34)15-19(3)32)16-22-17-26-13-14-28(20(4)31(26)30(35)18-22)24-11-9-23(10-12-24)21(5)33;1-3-2/h9-14,22,25,27H,6-8,15-18H2,1-5H3;3H2,1-2H3. The lowest BCUT2D eigenvalue weighted by molar-refractivity contribution is -0.129. The first-order valence-corrected chi connectivity index (χ1v) is 14.4. The van der Waals surface area contributed by atoms with Crippen molar-refractivity contribution in [3.8, 4) is 11.1 Å². The molecule has 0 aliphatic heterocycles. The van der Waals surface area contributed by atoms with E-state index in [4.69, 9.17) is 0 Å². The normalized spacial score (nSPS) is 16.1. The predicted octanol–water partition coefficient (Wildman–Crippen LogP) is 8.41. The minimum atomic E-state index is -0.113. The van der Waals surface area contributed by atoms with Gasteiger partial charge in [0.2, 0.25) is 0 Å². The van der Waals surface area contributed by atoms with Gasteiger partial charge in [0.05, 0.1) is 6.42 Å². The van der Waals surface area contributed by atoms with Crippen LogP contribution in [0.4, 0.5) is 0 Å². The molecule has 4 nitrogen and oxygen atoms in total. The van der Waals surface area contributed by atoms with Gasteiger partial charge in [0.1, 0.15) is 11.6 Å². The molecule has 0 N–H and O–H groups in total. The number of carbonyl (C=O) groups is 4. The predicted molar refractivity (Wildman–Crippen MR) is 156 cm³/mol. The molecule has 0 amide bonds. The molecule has 38 heavy (non-hydrogen) atoms. The summed E-state index contributed by atoms with van der Waals surface area (Å²) in [4.78, 5) is 49.3. The Balaban J connectivity index is 0.00000161. The van der Waals surface area contributed by atoms with Gasteiger partial charge in [0.15, 0.2) is 11.6 Å². The second-order valence-corrected chi connectivity index (χ2v) is 11.0. The number of Topliss-reactive ketones (excluding diaryl/α,β-unsaturated/α-hetero) is 4. The lowest BCUT2D eigenvalue weighted by Gasteiger charge is -2.32. The molecule has 0 saturated carbocycles. The van der Waals surface area contributed by atoms with Crippen molar-refractivity contribution in [2.45, 2.75) is 99.8 Å². The maximum Gasteiger partial charge on any atom is 0.163 e. The molecule has 3 unspecified atom stereocenters. The third-order valence-electron chi connectivity index (χ3n) is 7.56. The van der Waals surface area contributed by atoms with Crippen LogP contribution in [0.5, 0.6) is 0 Å². The molecular formula is C34H46O4. The lowest BCUT2D eigenvalue weighted by atomic mass is 9.71. The maximum absolute atomic E-state index is 13.3. The van der Waals surface area contributed by atoms with E-state index in [9.17, 15) is 19.2 Å². The SMILES string of the molecule is CCC.CCCC(CC1CC(=O)c2c(ccc(-c3ccc(C(C)=O)cc3)c2C)C1)C(CC)C(=O)CC(C)=O. The van der Waals surface area contributed by atoms with E-state index in [1.54, 1.807) is 6.92 Å². The van der Waals surface area contributed by atoms with E-state index in [0.29, 0.717) is 12.0 Å². The van der Waals surface area contributed by atoms with Gasteiger partial charge in [-0.25, -0.2) is 0 Å². The topological polar surface area (TPSA) is 68.3 Å². The molecule has 0 bridgehead atoms. The van der Waals surface area contributed by atoms with E-state index in [0.717, 1.165) is 59.9 Å². The molecule has 1 aliphatic carbocycles. The summed E-state index contributed by atoms with van der Waals surface area (Å²) in [5, 5.41) is 0. The summed E-state index contributed by atoms with van der Waals surface area (Å²) in [6.45, 7) is 13.5. The van der Waals surface area contributed by atoms with Gasteiger partial charge in [-0.15, -0.1) is 0 Å². The number of hydrogen-bond donors (Lipinski definition) is 0. The lowest BCUT2D eigenvalue weighted by Crippen LogP contribution is -2.29. The fourth-order valence-electron chi connectivity index (χ4n) is 5.92. The molecular weight excluding hydrogens is 472 g/mol. The van der Waals surface area contributed by atoms with Crippen molar-refractivity contribution >= 4 is 23.1 Å². The Hall–Kier alpha value is -2.88. The Bertz CT molecular complexity index is 1130. The highest BCUT2D eigenvalue weighted by atomic mass is 16.1. The van der Waals surface area contributed by atoms with Crippen molar-refractivity contribution in [3.05, 3.63) is 58.7 Å². The zero-order valence-electron chi connectivity index (χ0n) is 24.5. The molecule has 4 heteroatoms. The summed E-state index contributed by atoms with van der Waals surface area (Å²) < 4.78 is 0. The minimum Gasteiger partial charge on any atom is -0.300 e. The molecule has 1 aliphatic rings. The van der Waals surface area contributed by atoms with Crippen LogP contribution in [0.3, 0.4) is 0 Å². The first-order valence-electron chi connectivity index (χ1n) is 14.4. The first kappa shape index (κ1) is 31.3. The highest BCUT2D eigenvalue weighted by Gasteiger charge is 2.33. The molecule has 0 saturated heterocycles. The molecule has 3 atom stereocenters. The maximum atomic E-state index is 13.3. The van der Waals surface area contributed by atoms with Crippen molar-refractivity contribution in [2.24, 2.45) is 17.8 Å². The van der Waals surface area contributed by atoms with Crippen molar-refractivity contribution in [2.75, 3.05) is 0 Å². The molecule has 2 aromatic rings. The Morgan fingerprint density at radius 3 is 2.08 bits per heavy atom. The van der Waals surface area contributed by atoms with Gasteiger partial charge >= 0.3 is 0 Å². The van der Waals surface area contributed by atoms with E-state index in [2.05, 4.69) is 32.9 Å². The summed E-state index contributed by atoms with van der Waals surface area (Å²) in [6, 6.07) is 11.7. The number of ketones is 4. The summed E-state index contributed by atoms with van der Waals surface area (Å²) in [5.74, 6) is 0.494. The van der Waals surface area contributed by atoms with Gasteiger partial charge in [0, 0.05) is 23.5 Å². The number of carbonyl (C=O) groups excluding carboxylic acids is 4. The van der Waals surface area contributed by atoms with Crippen LogP contribution in [0.2, 0.25) is 0 Å². The van der Waals surface area contributed by atoms with Crippen molar-refractivity contribution in [1.29, 1.82) is 0 Å². The van der Waals surface area contributed by atoms with Crippen LogP contribution >= 0.6 is 0 Å². The number of hydrogen-bond acceptors (Lipinski definition) is 4. The number of rotatable bonds is 11. The summed E-state index contributed by atoms with van der Waals surface area (Å²) in [5.41, 5.74) is 5.62. The second kappa shape index (κ2) is 14.9. The second-order valence-electron chi connectivity index (χ2n) is 11.0. The Labute approximate surface area is 229 Å². The number of fused-ring (bicyclic) bond motifs is 1. The van der Waals surface area contributed by atoms with Gasteiger partial charge in [-0.2, -0.15) is 0 Å². The van der Waals surface area contributed by atoms with Crippen LogP contribution in [0, 0.1) is 24.7 Å². The third kappa shape index (κ3) is 8.06. The summed E-state index contributed by atoms with van der Waals surface area (Å²) >= 11 is 0. The monoisotopic (exact) mass is 518 g/mol. The smallest absolute Gasteiger partial charge is 0.163 e. The Kier molecular flexibility index (Phi) is 12.3. The highest BCUT2D eigenvalue weighted by molar-refractivity contribution is 6.02. The average Bonchev–Trinajstić information content (AvgIpc) is 2.84. The van der Waals surface area contributed by atoms with E-state index < -0.39 is 0 Å². The Morgan fingerprint density at radius 2 is 1.55 bits per heavy atom. The fourth-order valence-corrected chi connectivity index (χ4v) is 5.92. The van der Waals surface area contributed by atoms with E-state index in [1.807, 2.05) is 38.1 Å². The van der Waals surface area contributed by atoms with E-state index in [1.165, 1.54) is 13.3 Å². The van der Waals surface area contributed by atoms with Gasteiger partial charge in [0.25, 0.3) is 0 Å². The molecule has 0 radical (unpaired) electrons. The van der Waals surface area contributed by atoms with Crippen molar-refractivity contribution < 1.29 is 19.2 Å². The van der Waals surface area contributed by atoms with Crippen LogP contribution in [-0.2, 0) is 16.0 Å². The van der Waals surface area contributed by atoms with Crippen LogP contribution in [-0.4, -0.2) is 23.1 Å².